The van der Waals surface area contributed by atoms with Gasteiger partial charge < -0.3 is 5.32 Å². The fraction of sp³-hybridized carbons (Fsp3) is 0.357. The van der Waals surface area contributed by atoms with Crippen molar-refractivity contribution in [2.45, 2.75) is 32.6 Å². The van der Waals surface area contributed by atoms with E-state index in [1.165, 1.54) is 6.07 Å². The molecule has 0 aliphatic carbocycles. The van der Waals surface area contributed by atoms with Crippen molar-refractivity contribution in [2.75, 3.05) is 5.32 Å². The molecule has 0 atom stereocenters. The van der Waals surface area contributed by atoms with Crippen molar-refractivity contribution in [3.63, 3.8) is 0 Å². The zero-order chi connectivity index (χ0) is 13.8. The Hall–Kier alpha value is -2.17. The highest BCUT2D eigenvalue weighted by atomic mass is 16.2. The molecule has 1 aliphatic rings. The number of imide groups is 1. The van der Waals surface area contributed by atoms with E-state index in [0.717, 1.165) is 19.3 Å². The van der Waals surface area contributed by atoms with Crippen molar-refractivity contribution in [3.8, 4) is 0 Å². The summed E-state index contributed by atoms with van der Waals surface area (Å²) in [4.78, 5) is 34.5. The van der Waals surface area contributed by atoms with E-state index in [1.54, 1.807) is 12.1 Å². The highest BCUT2D eigenvalue weighted by Gasteiger charge is 2.26. The molecule has 0 fully saturated rings. The van der Waals surface area contributed by atoms with Gasteiger partial charge in [0.15, 0.2) is 0 Å². The minimum absolute atomic E-state index is 0.0712. The number of fused-ring (bicyclic) bond motifs is 1. The van der Waals surface area contributed by atoms with E-state index >= 15 is 0 Å². The van der Waals surface area contributed by atoms with E-state index in [-0.39, 0.29) is 11.8 Å². The Labute approximate surface area is 111 Å². The van der Waals surface area contributed by atoms with Crippen molar-refractivity contribution in [1.82, 2.24) is 5.32 Å². The summed E-state index contributed by atoms with van der Waals surface area (Å²) in [6.45, 7) is 2.08. The van der Waals surface area contributed by atoms with Crippen molar-refractivity contribution in [2.24, 2.45) is 0 Å². The van der Waals surface area contributed by atoms with E-state index in [2.05, 4.69) is 17.6 Å². The molecule has 0 aromatic heterocycles. The Morgan fingerprint density at radius 3 is 2.63 bits per heavy atom. The summed E-state index contributed by atoms with van der Waals surface area (Å²) in [6, 6.07) is 4.72. The number of hydrogen-bond donors (Lipinski definition) is 2. The highest BCUT2D eigenvalue weighted by Crippen LogP contribution is 2.20. The van der Waals surface area contributed by atoms with Gasteiger partial charge in [-0.25, -0.2) is 0 Å². The molecule has 19 heavy (non-hydrogen) atoms. The van der Waals surface area contributed by atoms with Crippen molar-refractivity contribution in [3.05, 3.63) is 29.3 Å². The summed E-state index contributed by atoms with van der Waals surface area (Å²) in [5.41, 5.74) is 1.22. The topological polar surface area (TPSA) is 75.3 Å². The Morgan fingerprint density at radius 2 is 1.89 bits per heavy atom. The molecule has 5 nitrogen and oxygen atoms in total. The van der Waals surface area contributed by atoms with Crippen LogP contribution in [0.3, 0.4) is 0 Å². The number of rotatable bonds is 5. The van der Waals surface area contributed by atoms with E-state index < -0.39 is 5.91 Å². The summed E-state index contributed by atoms with van der Waals surface area (Å²) >= 11 is 0. The maximum atomic E-state index is 11.7. The van der Waals surface area contributed by atoms with Gasteiger partial charge in [-0.3, -0.25) is 19.7 Å². The average molecular weight is 260 g/mol. The molecule has 0 bridgehead atoms. The summed E-state index contributed by atoms with van der Waals surface area (Å²) in [5, 5.41) is 4.95. The third kappa shape index (κ3) is 2.99. The van der Waals surface area contributed by atoms with Crippen molar-refractivity contribution in [1.29, 1.82) is 0 Å². The van der Waals surface area contributed by atoms with E-state index in [9.17, 15) is 14.4 Å². The quantitative estimate of drug-likeness (QED) is 0.628. The maximum absolute atomic E-state index is 11.7. The fourth-order valence-corrected chi connectivity index (χ4v) is 2.00. The molecule has 0 radical (unpaired) electrons. The standard InChI is InChI=1S/C14H16N2O3/c1-2-3-4-5-12(17)15-9-6-7-10-11(8-9)14(19)16-13(10)18/h6-8H,2-5H2,1H3,(H,15,17)(H,16,18,19). The number of benzene rings is 1. The van der Waals surface area contributed by atoms with Crippen LogP contribution >= 0.6 is 0 Å². The minimum atomic E-state index is -0.415. The monoisotopic (exact) mass is 260 g/mol. The third-order valence-corrected chi connectivity index (χ3v) is 3.03. The van der Waals surface area contributed by atoms with Gasteiger partial charge in [-0.05, 0) is 24.6 Å². The maximum Gasteiger partial charge on any atom is 0.259 e. The van der Waals surface area contributed by atoms with E-state index in [4.69, 9.17) is 0 Å². The second-order valence-corrected chi connectivity index (χ2v) is 4.55. The molecule has 2 N–H and O–H groups in total. The smallest absolute Gasteiger partial charge is 0.259 e. The molecule has 100 valence electrons. The van der Waals surface area contributed by atoms with Gasteiger partial charge in [0.05, 0.1) is 11.1 Å². The first-order valence-corrected chi connectivity index (χ1v) is 6.41. The predicted molar refractivity (Wildman–Crippen MR) is 71.0 cm³/mol. The van der Waals surface area contributed by atoms with Crippen LogP contribution in [-0.2, 0) is 4.79 Å². The second kappa shape index (κ2) is 5.65. The lowest BCUT2D eigenvalue weighted by molar-refractivity contribution is -0.116. The number of unbranched alkanes of at least 4 members (excludes halogenated alkanes) is 2. The van der Waals surface area contributed by atoms with Crippen LogP contribution in [-0.4, -0.2) is 17.7 Å². The van der Waals surface area contributed by atoms with Gasteiger partial charge >= 0.3 is 0 Å². The SMILES string of the molecule is CCCCCC(=O)Nc1ccc2c(c1)C(=O)NC2=O. The van der Waals surface area contributed by atoms with Crippen LogP contribution in [0.2, 0.25) is 0 Å². The lowest BCUT2D eigenvalue weighted by Crippen LogP contribution is -2.19. The molecule has 1 aromatic carbocycles. The largest absolute Gasteiger partial charge is 0.326 e. The minimum Gasteiger partial charge on any atom is -0.326 e. The summed E-state index contributed by atoms with van der Waals surface area (Å²) in [5.74, 6) is -0.874. The number of hydrogen-bond acceptors (Lipinski definition) is 3. The Bertz CT molecular complexity index is 537. The molecule has 1 aromatic rings. The molecule has 1 heterocycles. The molecule has 1 aliphatic heterocycles. The van der Waals surface area contributed by atoms with Gasteiger partial charge in [0.1, 0.15) is 0 Å². The van der Waals surface area contributed by atoms with Gasteiger partial charge in [0.2, 0.25) is 5.91 Å². The lowest BCUT2D eigenvalue weighted by atomic mass is 10.1. The molecule has 0 saturated carbocycles. The van der Waals surface area contributed by atoms with Crippen LogP contribution in [0.25, 0.3) is 0 Å². The zero-order valence-electron chi connectivity index (χ0n) is 10.8. The Kier molecular flexibility index (Phi) is 3.94. The van der Waals surface area contributed by atoms with Crippen LogP contribution in [0.15, 0.2) is 18.2 Å². The number of anilines is 1. The Balaban J connectivity index is 2.03. The number of carbonyl (C=O) groups is 3. The normalized spacial score (nSPS) is 13.1. The highest BCUT2D eigenvalue weighted by molar-refractivity contribution is 6.22. The first-order valence-electron chi connectivity index (χ1n) is 6.41. The van der Waals surface area contributed by atoms with Gasteiger partial charge in [0, 0.05) is 12.1 Å². The average Bonchev–Trinajstić information content (AvgIpc) is 2.65. The first kappa shape index (κ1) is 13.3. The second-order valence-electron chi connectivity index (χ2n) is 4.55. The van der Waals surface area contributed by atoms with Crippen LogP contribution in [0.4, 0.5) is 5.69 Å². The third-order valence-electron chi connectivity index (χ3n) is 3.03. The summed E-state index contributed by atoms with van der Waals surface area (Å²) in [6.07, 6.45) is 3.41. The summed E-state index contributed by atoms with van der Waals surface area (Å²) in [7, 11) is 0. The fourth-order valence-electron chi connectivity index (χ4n) is 2.00. The van der Waals surface area contributed by atoms with E-state index in [1.807, 2.05) is 0 Å². The molecule has 5 heteroatoms. The molecule has 2 rings (SSSR count). The molecule has 0 spiro atoms. The molecule has 0 saturated heterocycles. The summed E-state index contributed by atoms with van der Waals surface area (Å²) < 4.78 is 0. The van der Waals surface area contributed by atoms with Crippen LogP contribution in [0, 0.1) is 0 Å². The predicted octanol–water partition coefficient (Wildman–Crippen LogP) is 2.09. The lowest BCUT2D eigenvalue weighted by Gasteiger charge is -2.05. The number of nitrogens with one attached hydrogen (secondary N) is 2. The molecule has 0 unspecified atom stereocenters. The van der Waals surface area contributed by atoms with Gasteiger partial charge in [-0.2, -0.15) is 0 Å². The molecule has 3 amide bonds. The van der Waals surface area contributed by atoms with Crippen molar-refractivity contribution < 1.29 is 14.4 Å². The van der Waals surface area contributed by atoms with E-state index in [0.29, 0.717) is 23.2 Å². The number of amides is 3. The Morgan fingerprint density at radius 1 is 1.16 bits per heavy atom. The van der Waals surface area contributed by atoms with Crippen LogP contribution in [0.5, 0.6) is 0 Å². The molecular weight excluding hydrogens is 244 g/mol. The van der Waals surface area contributed by atoms with Crippen LogP contribution < -0.4 is 10.6 Å². The number of carbonyl (C=O) groups excluding carboxylic acids is 3. The van der Waals surface area contributed by atoms with Gasteiger partial charge in [0.25, 0.3) is 11.8 Å². The van der Waals surface area contributed by atoms with Gasteiger partial charge in [-0.1, -0.05) is 19.8 Å². The van der Waals surface area contributed by atoms with Crippen LogP contribution in [0.1, 0.15) is 53.3 Å². The molecular formula is C14H16N2O3. The van der Waals surface area contributed by atoms with Gasteiger partial charge in [-0.15, -0.1) is 0 Å². The first-order chi connectivity index (χ1) is 9.11. The van der Waals surface area contributed by atoms with Crippen molar-refractivity contribution >= 4 is 23.4 Å². The zero-order valence-corrected chi connectivity index (χ0v) is 10.8.